The second kappa shape index (κ2) is 7.59. The highest BCUT2D eigenvalue weighted by atomic mass is 79.9. The van der Waals surface area contributed by atoms with Gasteiger partial charge in [0, 0.05) is 10.0 Å². The first kappa shape index (κ1) is 19.2. The highest BCUT2D eigenvalue weighted by Gasteiger charge is 2.31. The van der Waals surface area contributed by atoms with Crippen molar-refractivity contribution < 1.29 is 27.4 Å². The number of hydrogen-bond acceptors (Lipinski definition) is 3. The van der Waals surface area contributed by atoms with Gasteiger partial charge in [-0.2, -0.15) is 0 Å². The second-order valence-corrected chi connectivity index (χ2v) is 6.20. The van der Waals surface area contributed by atoms with Gasteiger partial charge in [0.2, 0.25) is 0 Å². The van der Waals surface area contributed by atoms with Crippen LogP contribution in [0.15, 0.2) is 22.7 Å². The van der Waals surface area contributed by atoms with Gasteiger partial charge in [0.25, 0.3) is 0 Å². The van der Waals surface area contributed by atoms with Crippen LogP contribution in [-0.2, 0) is 4.74 Å². The Kier molecular flexibility index (Phi) is 6.33. The molecule has 0 radical (unpaired) electrons. The zero-order chi connectivity index (χ0) is 17.7. The van der Waals surface area contributed by atoms with Gasteiger partial charge in [-0.1, -0.05) is 11.8 Å². The van der Waals surface area contributed by atoms with Crippen molar-refractivity contribution >= 4 is 22.0 Å². The van der Waals surface area contributed by atoms with Crippen LogP contribution in [0.3, 0.4) is 0 Å². The highest BCUT2D eigenvalue weighted by Crippen LogP contribution is 2.27. The molecule has 0 atom stereocenters. The van der Waals surface area contributed by atoms with E-state index in [9.17, 15) is 18.0 Å². The molecule has 8 heteroatoms. The van der Waals surface area contributed by atoms with Crippen molar-refractivity contribution in [3.63, 3.8) is 0 Å². The average Bonchev–Trinajstić information content (AvgIpc) is 2.32. The fourth-order valence-corrected chi connectivity index (χ4v) is 1.82. The second-order valence-electron chi connectivity index (χ2n) is 5.35. The van der Waals surface area contributed by atoms with Crippen LogP contribution in [0.1, 0.15) is 26.3 Å². The molecular weight excluding hydrogens is 379 g/mol. The van der Waals surface area contributed by atoms with Gasteiger partial charge in [0.05, 0.1) is 6.54 Å². The molecule has 0 saturated heterocycles. The van der Waals surface area contributed by atoms with E-state index < -0.39 is 18.1 Å². The predicted molar refractivity (Wildman–Crippen MR) is 81.9 cm³/mol. The topological polar surface area (TPSA) is 47.6 Å². The molecule has 4 nitrogen and oxygen atoms in total. The third-order valence-corrected chi connectivity index (χ3v) is 2.77. The third kappa shape index (κ3) is 8.35. The lowest BCUT2D eigenvalue weighted by Gasteiger charge is -2.19. The summed E-state index contributed by atoms with van der Waals surface area (Å²) in [6.45, 7) is 5.25. The number of benzene rings is 1. The van der Waals surface area contributed by atoms with Gasteiger partial charge in [-0.25, -0.2) is 4.79 Å². The van der Waals surface area contributed by atoms with Crippen molar-refractivity contribution in [3.8, 4) is 17.6 Å². The Balaban J connectivity index is 2.61. The van der Waals surface area contributed by atoms with Crippen LogP contribution in [0.5, 0.6) is 5.75 Å². The van der Waals surface area contributed by atoms with Crippen LogP contribution in [-0.4, -0.2) is 24.6 Å². The number of ether oxygens (including phenoxy) is 2. The molecule has 0 unspecified atom stereocenters. The normalized spacial score (nSPS) is 11.3. The summed E-state index contributed by atoms with van der Waals surface area (Å²) in [5.41, 5.74) is -0.139. The fourth-order valence-electron chi connectivity index (χ4n) is 1.36. The van der Waals surface area contributed by atoms with Crippen LogP contribution in [0.4, 0.5) is 18.0 Å². The number of nitrogens with one attached hydrogen (secondary N) is 1. The first-order valence-corrected chi connectivity index (χ1v) is 7.26. The third-order valence-electron chi connectivity index (χ3n) is 2.12. The maximum atomic E-state index is 12.1. The molecule has 126 valence electrons. The molecule has 0 saturated carbocycles. The van der Waals surface area contributed by atoms with E-state index in [0.29, 0.717) is 10.0 Å². The zero-order valence-corrected chi connectivity index (χ0v) is 14.3. The molecule has 0 bridgehead atoms. The standard InChI is InChI=1S/C15H15BrF3NO3/c1-14(2,3)23-13(21)20-8-4-5-10-6-7-11(9-12(10)16)22-15(17,18)19/h6-7,9H,8H2,1-3H3,(H,20,21). The molecule has 1 N–H and O–H groups in total. The lowest BCUT2D eigenvalue weighted by Crippen LogP contribution is -2.32. The fraction of sp³-hybridized carbons (Fsp3) is 0.400. The summed E-state index contributed by atoms with van der Waals surface area (Å²) in [6.07, 6.45) is -5.34. The quantitative estimate of drug-likeness (QED) is 0.765. The first-order chi connectivity index (χ1) is 10.5. The van der Waals surface area contributed by atoms with E-state index >= 15 is 0 Å². The minimum atomic E-state index is -4.75. The summed E-state index contributed by atoms with van der Waals surface area (Å²) < 4.78 is 45.5. The van der Waals surface area contributed by atoms with Crippen LogP contribution in [0.25, 0.3) is 0 Å². The van der Waals surface area contributed by atoms with Crippen LogP contribution >= 0.6 is 15.9 Å². The van der Waals surface area contributed by atoms with Gasteiger partial charge in [-0.05, 0) is 54.9 Å². The molecule has 0 heterocycles. The molecule has 0 aromatic heterocycles. The summed E-state index contributed by atoms with van der Waals surface area (Å²) in [7, 11) is 0. The number of hydrogen-bond donors (Lipinski definition) is 1. The maximum absolute atomic E-state index is 12.1. The Labute approximate surface area is 140 Å². The van der Waals surface area contributed by atoms with Crippen molar-refractivity contribution in [2.45, 2.75) is 32.7 Å². The monoisotopic (exact) mass is 393 g/mol. The van der Waals surface area contributed by atoms with Gasteiger partial charge in [0.15, 0.2) is 0 Å². The summed E-state index contributed by atoms with van der Waals surface area (Å²) >= 11 is 3.11. The molecule has 1 aromatic carbocycles. The van der Waals surface area contributed by atoms with E-state index in [0.717, 1.165) is 6.07 Å². The first-order valence-electron chi connectivity index (χ1n) is 6.47. The molecule has 1 rings (SSSR count). The molecule has 23 heavy (non-hydrogen) atoms. The number of carbonyl (C=O) groups excluding carboxylic acids is 1. The number of alkyl halides is 3. The number of rotatable bonds is 2. The molecule has 1 amide bonds. The van der Waals surface area contributed by atoms with Crippen LogP contribution in [0, 0.1) is 11.8 Å². The van der Waals surface area contributed by atoms with E-state index in [1.165, 1.54) is 12.1 Å². The Bertz CT molecular complexity index is 628. The molecule has 0 spiro atoms. The molecule has 1 aromatic rings. The van der Waals surface area contributed by atoms with Crippen molar-refractivity contribution in [2.24, 2.45) is 0 Å². The maximum Gasteiger partial charge on any atom is 0.573 e. The number of alkyl carbamates (subject to hydrolysis) is 1. The van der Waals surface area contributed by atoms with Crippen molar-refractivity contribution in [1.82, 2.24) is 5.32 Å². The molecular formula is C15H15BrF3NO3. The van der Waals surface area contributed by atoms with Crippen LogP contribution in [0.2, 0.25) is 0 Å². The molecule has 0 aliphatic rings. The van der Waals surface area contributed by atoms with Crippen molar-refractivity contribution in [3.05, 3.63) is 28.2 Å². The minimum Gasteiger partial charge on any atom is -0.444 e. The van der Waals surface area contributed by atoms with Crippen molar-refractivity contribution in [2.75, 3.05) is 6.54 Å². The summed E-state index contributed by atoms with van der Waals surface area (Å²) in [4.78, 5) is 11.4. The van der Waals surface area contributed by atoms with E-state index in [-0.39, 0.29) is 12.3 Å². The summed E-state index contributed by atoms with van der Waals surface area (Å²) in [5.74, 6) is 5.04. The van der Waals surface area contributed by atoms with E-state index in [1.54, 1.807) is 20.8 Å². The Morgan fingerprint density at radius 2 is 1.96 bits per heavy atom. The van der Waals surface area contributed by atoms with Gasteiger partial charge in [-0.15, -0.1) is 13.2 Å². The Morgan fingerprint density at radius 3 is 2.48 bits per heavy atom. The molecule has 0 aliphatic carbocycles. The van der Waals surface area contributed by atoms with E-state index in [1.807, 2.05) is 0 Å². The number of carbonyl (C=O) groups is 1. The number of halogens is 4. The summed E-state index contributed by atoms with van der Waals surface area (Å²) in [6, 6.07) is 3.70. The van der Waals surface area contributed by atoms with Crippen LogP contribution < -0.4 is 10.1 Å². The lowest BCUT2D eigenvalue weighted by molar-refractivity contribution is -0.274. The van der Waals surface area contributed by atoms with E-state index in [4.69, 9.17) is 4.74 Å². The van der Waals surface area contributed by atoms with Gasteiger partial charge < -0.3 is 14.8 Å². The van der Waals surface area contributed by atoms with Gasteiger partial charge in [-0.3, -0.25) is 0 Å². The van der Waals surface area contributed by atoms with Gasteiger partial charge in [0.1, 0.15) is 11.4 Å². The predicted octanol–water partition coefficient (Wildman–Crippen LogP) is 4.22. The van der Waals surface area contributed by atoms with E-state index in [2.05, 4.69) is 37.8 Å². The highest BCUT2D eigenvalue weighted by molar-refractivity contribution is 9.10. The van der Waals surface area contributed by atoms with Gasteiger partial charge >= 0.3 is 12.5 Å². The number of amides is 1. The molecule has 0 fully saturated rings. The summed E-state index contributed by atoms with van der Waals surface area (Å²) in [5, 5.41) is 2.45. The Hall–Kier alpha value is -1.88. The molecule has 0 aliphatic heterocycles. The minimum absolute atomic E-state index is 0.0438. The Morgan fingerprint density at radius 1 is 1.30 bits per heavy atom. The SMILES string of the molecule is CC(C)(C)OC(=O)NCC#Cc1ccc(OC(F)(F)F)cc1Br. The largest absolute Gasteiger partial charge is 0.573 e. The zero-order valence-electron chi connectivity index (χ0n) is 12.7. The smallest absolute Gasteiger partial charge is 0.444 e. The lowest BCUT2D eigenvalue weighted by atomic mass is 10.2. The van der Waals surface area contributed by atoms with Crippen molar-refractivity contribution in [1.29, 1.82) is 0 Å². The average molecular weight is 394 g/mol.